The van der Waals surface area contributed by atoms with Crippen LogP contribution in [0.4, 0.5) is 0 Å². The first-order valence-corrected chi connectivity index (χ1v) is 14.8. The lowest BCUT2D eigenvalue weighted by Gasteiger charge is -2.14. The van der Waals surface area contributed by atoms with Crippen molar-refractivity contribution in [2.24, 2.45) is 7.05 Å². The van der Waals surface area contributed by atoms with Gasteiger partial charge in [0.15, 0.2) is 12.0 Å². The van der Waals surface area contributed by atoms with Gasteiger partial charge in [-0.05, 0) is 76.1 Å². The van der Waals surface area contributed by atoms with Gasteiger partial charge < -0.3 is 0 Å². The van der Waals surface area contributed by atoms with Gasteiger partial charge in [0.25, 0.3) is 0 Å². The molecule has 0 aliphatic carbocycles. The Hall–Kier alpha value is -6.14. The number of rotatable bonds is 5. The predicted molar refractivity (Wildman–Crippen MR) is 179 cm³/mol. The molecule has 6 nitrogen and oxygen atoms in total. The van der Waals surface area contributed by atoms with E-state index in [0.717, 1.165) is 67.0 Å². The van der Waals surface area contributed by atoms with Crippen molar-refractivity contribution in [1.82, 2.24) is 24.9 Å². The average molecular weight is 580 g/mol. The van der Waals surface area contributed by atoms with Crippen LogP contribution in [0, 0.1) is 0 Å². The molecule has 6 heteroatoms. The highest BCUT2D eigenvalue weighted by molar-refractivity contribution is 6.11. The van der Waals surface area contributed by atoms with Crippen LogP contribution in [0.5, 0.6) is 0 Å². The summed E-state index contributed by atoms with van der Waals surface area (Å²) in [5.74, 6) is 0.623. The topological polar surface area (TPSA) is 68.3 Å². The highest BCUT2D eigenvalue weighted by Crippen LogP contribution is 2.37. The molecule has 5 aromatic heterocycles. The Morgan fingerprint density at radius 3 is 1.64 bits per heavy atom. The number of fused-ring (bicyclic) bond motifs is 2. The maximum absolute atomic E-state index is 5.22. The van der Waals surface area contributed by atoms with Crippen LogP contribution in [0.25, 0.3) is 78.5 Å². The molecule has 0 atom stereocenters. The molecule has 0 saturated heterocycles. The molecule has 0 aliphatic rings. The fourth-order valence-electron chi connectivity index (χ4n) is 5.82. The van der Waals surface area contributed by atoms with Crippen LogP contribution < -0.4 is 4.57 Å². The molecule has 45 heavy (non-hydrogen) atoms. The summed E-state index contributed by atoms with van der Waals surface area (Å²) in [6.45, 7) is 0. The lowest BCUT2D eigenvalue weighted by Crippen LogP contribution is -2.30. The first kappa shape index (κ1) is 26.5. The molecule has 0 aliphatic heterocycles. The van der Waals surface area contributed by atoms with E-state index < -0.39 is 0 Å². The lowest BCUT2D eigenvalue weighted by molar-refractivity contribution is -0.660. The first-order valence-electron chi connectivity index (χ1n) is 14.8. The molecule has 0 bridgehead atoms. The molecule has 8 rings (SSSR count). The zero-order chi connectivity index (χ0) is 30.2. The van der Waals surface area contributed by atoms with Crippen molar-refractivity contribution >= 4 is 21.5 Å². The summed E-state index contributed by atoms with van der Waals surface area (Å²) in [4.78, 5) is 25.0. The minimum atomic E-state index is 0.623. The normalized spacial score (nSPS) is 11.2. The molecule has 0 spiro atoms. The molecule has 0 fully saturated rings. The van der Waals surface area contributed by atoms with Gasteiger partial charge in [0.05, 0.1) is 34.2 Å². The van der Waals surface area contributed by atoms with E-state index in [2.05, 4.69) is 70.2 Å². The third-order valence-corrected chi connectivity index (χ3v) is 7.99. The highest BCUT2D eigenvalue weighted by Gasteiger charge is 2.18. The van der Waals surface area contributed by atoms with Crippen molar-refractivity contribution in [1.29, 1.82) is 0 Å². The van der Waals surface area contributed by atoms with Gasteiger partial charge in [-0.1, -0.05) is 66.7 Å². The van der Waals surface area contributed by atoms with Crippen molar-refractivity contribution in [3.05, 3.63) is 146 Å². The highest BCUT2D eigenvalue weighted by atomic mass is 15.0. The Bertz CT molecular complexity index is 2300. The zero-order valence-corrected chi connectivity index (χ0v) is 24.5. The Kier molecular flexibility index (Phi) is 6.57. The third kappa shape index (κ3) is 4.98. The minimum Gasteiger partial charge on any atom is -0.255 e. The summed E-state index contributed by atoms with van der Waals surface area (Å²) in [6, 6.07) is 45.0. The van der Waals surface area contributed by atoms with E-state index in [1.54, 1.807) is 6.20 Å². The van der Waals surface area contributed by atoms with E-state index in [4.69, 9.17) is 19.9 Å². The van der Waals surface area contributed by atoms with Gasteiger partial charge >= 0.3 is 0 Å². The quantitative estimate of drug-likeness (QED) is 0.152. The van der Waals surface area contributed by atoms with Gasteiger partial charge in [0.1, 0.15) is 12.7 Å². The first-order chi connectivity index (χ1) is 22.2. The van der Waals surface area contributed by atoms with E-state index in [1.807, 2.05) is 86.0 Å². The Labute approximate surface area is 260 Å². The molecule has 3 aromatic carbocycles. The van der Waals surface area contributed by atoms with Crippen molar-refractivity contribution in [2.45, 2.75) is 0 Å². The molecule has 212 valence electrons. The van der Waals surface area contributed by atoms with Crippen LogP contribution in [-0.4, -0.2) is 24.9 Å². The van der Waals surface area contributed by atoms with Gasteiger partial charge in [-0.25, -0.2) is 19.9 Å². The van der Waals surface area contributed by atoms with Crippen LogP contribution in [-0.2, 0) is 7.05 Å². The molecule has 8 aromatic rings. The smallest absolute Gasteiger partial charge is 0.230 e. The largest absolute Gasteiger partial charge is 0.255 e. The molecular formula is C39H27N6+. The van der Waals surface area contributed by atoms with Gasteiger partial charge in [0, 0.05) is 23.9 Å². The van der Waals surface area contributed by atoms with Crippen molar-refractivity contribution < 1.29 is 4.57 Å². The maximum atomic E-state index is 5.22. The molecule has 0 unspecified atom stereocenters. The van der Waals surface area contributed by atoms with E-state index in [0.29, 0.717) is 11.5 Å². The number of pyridine rings is 4. The van der Waals surface area contributed by atoms with E-state index in [9.17, 15) is 0 Å². The molecular weight excluding hydrogens is 552 g/mol. The molecule has 0 saturated carbocycles. The molecule has 0 amide bonds. The lowest BCUT2D eigenvalue weighted by atomic mass is 9.96. The summed E-state index contributed by atoms with van der Waals surface area (Å²) in [5, 5.41) is 4.45. The predicted octanol–water partition coefficient (Wildman–Crippen LogP) is 8.13. The molecule has 5 heterocycles. The molecule has 0 N–H and O–H groups in total. The van der Waals surface area contributed by atoms with Gasteiger partial charge in [-0.15, -0.1) is 0 Å². The van der Waals surface area contributed by atoms with Crippen LogP contribution in [0.2, 0.25) is 0 Å². The number of hydrogen-bond acceptors (Lipinski definition) is 5. The zero-order valence-electron chi connectivity index (χ0n) is 24.5. The summed E-state index contributed by atoms with van der Waals surface area (Å²) < 4.78 is 2.07. The van der Waals surface area contributed by atoms with E-state index in [-0.39, 0.29) is 0 Å². The Morgan fingerprint density at radius 1 is 0.444 bits per heavy atom. The van der Waals surface area contributed by atoms with Crippen LogP contribution >= 0.6 is 0 Å². The number of aryl methyl sites for hydroxylation is 1. The number of nitrogens with zero attached hydrogens (tertiary/aromatic N) is 6. The van der Waals surface area contributed by atoms with Crippen LogP contribution in [0.3, 0.4) is 0 Å². The second-order valence-corrected chi connectivity index (χ2v) is 10.9. The summed E-state index contributed by atoms with van der Waals surface area (Å²) in [7, 11) is 2.02. The standard InChI is InChI=1S/C39H27N6/c1-45-23-9-7-21-37(45)34-20-11-19-33(42-34)36-25-35(32-18-10-17-31(41-32)30-16-6-8-22-40-30)43-39(44-36)38-28-14-4-2-12-26(28)24-27-13-3-5-15-29(27)38/h2-25H,1H3/q+1. The monoisotopic (exact) mass is 579 g/mol. The van der Waals surface area contributed by atoms with Crippen molar-refractivity contribution in [2.75, 3.05) is 0 Å². The second kappa shape index (κ2) is 11.2. The van der Waals surface area contributed by atoms with Crippen LogP contribution in [0.1, 0.15) is 0 Å². The third-order valence-electron chi connectivity index (χ3n) is 7.99. The summed E-state index contributed by atoms with van der Waals surface area (Å²) in [6.07, 6.45) is 3.80. The van der Waals surface area contributed by atoms with E-state index >= 15 is 0 Å². The average Bonchev–Trinajstić information content (AvgIpc) is 3.11. The van der Waals surface area contributed by atoms with Gasteiger partial charge in [-0.3, -0.25) is 4.98 Å². The number of hydrogen-bond donors (Lipinski definition) is 0. The van der Waals surface area contributed by atoms with Gasteiger partial charge in [-0.2, -0.15) is 4.57 Å². The van der Waals surface area contributed by atoms with Gasteiger partial charge in [0.2, 0.25) is 5.69 Å². The fraction of sp³-hybridized carbons (Fsp3) is 0.0256. The van der Waals surface area contributed by atoms with E-state index in [1.165, 1.54) is 0 Å². The maximum Gasteiger partial charge on any atom is 0.230 e. The van der Waals surface area contributed by atoms with Crippen molar-refractivity contribution in [3.8, 4) is 56.9 Å². The SMILES string of the molecule is C[n+]1ccccc1-c1cccc(-c2cc(-c3cccc(-c4ccccn4)n3)nc(-c3c4ccccc4cc4ccccc34)n2)n1. The number of aromatic nitrogens is 6. The van der Waals surface area contributed by atoms with Crippen molar-refractivity contribution in [3.63, 3.8) is 0 Å². The molecule has 0 radical (unpaired) electrons. The number of benzene rings is 3. The summed E-state index contributed by atoms with van der Waals surface area (Å²) in [5.41, 5.74) is 7.37. The minimum absolute atomic E-state index is 0.623. The Morgan fingerprint density at radius 2 is 1.00 bits per heavy atom. The fourth-order valence-corrected chi connectivity index (χ4v) is 5.82. The second-order valence-electron chi connectivity index (χ2n) is 10.9. The van der Waals surface area contributed by atoms with Crippen LogP contribution in [0.15, 0.2) is 146 Å². The Balaban J connectivity index is 1.39. The summed E-state index contributed by atoms with van der Waals surface area (Å²) >= 11 is 0.